The Kier molecular flexibility index (Phi) is 5.74. The molecular formula is C23H19NO5. The Balaban J connectivity index is 1.73. The summed E-state index contributed by atoms with van der Waals surface area (Å²) in [6.07, 6.45) is 3.81. The van der Waals surface area contributed by atoms with Crippen LogP contribution in [-0.2, 0) is 0 Å². The van der Waals surface area contributed by atoms with E-state index in [9.17, 15) is 20.0 Å². The Labute approximate surface area is 167 Å². The first-order valence-electron chi connectivity index (χ1n) is 8.89. The van der Waals surface area contributed by atoms with Gasteiger partial charge in [0.1, 0.15) is 5.75 Å². The number of aryl methyl sites for hydroxylation is 2. The standard InChI is InChI=1S/C23H19NO5/c1-15-13-18(14-16(2)22(15)25)8-7-17-9-11-19(12-10-17)23(26)29-21-6-4-3-5-20(21)24(27)28/h3-14,25H,1-2H3/b8-7+. The van der Waals surface area contributed by atoms with Gasteiger partial charge in [-0.1, -0.05) is 36.4 Å². The molecule has 3 aromatic rings. The van der Waals surface area contributed by atoms with Crippen LogP contribution in [0.2, 0.25) is 0 Å². The molecular weight excluding hydrogens is 370 g/mol. The molecule has 0 fully saturated rings. The highest BCUT2D eigenvalue weighted by Crippen LogP contribution is 2.27. The monoisotopic (exact) mass is 389 g/mol. The zero-order valence-electron chi connectivity index (χ0n) is 16.0. The van der Waals surface area contributed by atoms with E-state index in [0.717, 1.165) is 22.3 Å². The smallest absolute Gasteiger partial charge is 0.343 e. The quantitative estimate of drug-likeness (QED) is 0.210. The van der Waals surface area contributed by atoms with Crippen molar-refractivity contribution in [2.75, 3.05) is 0 Å². The topological polar surface area (TPSA) is 89.7 Å². The zero-order chi connectivity index (χ0) is 21.0. The first-order valence-corrected chi connectivity index (χ1v) is 8.89. The van der Waals surface area contributed by atoms with E-state index in [1.807, 2.05) is 38.1 Å². The number of nitrogens with zero attached hydrogens (tertiary/aromatic N) is 1. The van der Waals surface area contributed by atoms with Crippen molar-refractivity contribution in [2.45, 2.75) is 13.8 Å². The van der Waals surface area contributed by atoms with Crippen LogP contribution in [0.5, 0.6) is 11.5 Å². The summed E-state index contributed by atoms with van der Waals surface area (Å²) in [4.78, 5) is 22.7. The molecule has 29 heavy (non-hydrogen) atoms. The van der Waals surface area contributed by atoms with Crippen LogP contribution in [0.15, 0.2) is 60.7 Å². The maximum atomic E-state index is 12.3. The minimum atomic E-state index is -0.667. The van der Waals surface area contributed by atoms with E-state index in [1.54, 1.807) is 30.3 Å². The van der Waals surface area contributed by atoms with E-state index in [4.69, 9.17) is 4.74 Å². The molecule has 0 radical (unpaired) electrons. The second-order valence-electron chi connectivity index (χ2n) is 6.57. The lowest BCUT2D eigenvalue weighted by atomic mass is 10.0. The predicted molar refractivity (Wildman–Crippen MR) is 111 cm³/mol. The lowest BCUT2D eigenvalue weighted by molar-refractivity contribution is -0.385. The molecule has 0 aliphatic rings. The molecule has 0 saturated heterocycles. The van der Waals surface area contributed by atoms with E-state index in [1.165, 1.54) is 18.2 Å². The van der Waals surface area contributed by atoms with Gasteiger partial charge >= 0.3 is 11.7 Å². The van der Waals surface area contributed by atoms with Gasteiger partial charge in [0.25, 0.3) is 0 Å². The fourth-order valence-electron chi connectivity index (χ4n) is 2.86. The molecule has 3 rings (SSSR count). The first kappa shape index (κ1) is 19.8. The third kappa shape index (κ3) is 4.68. The van der Waals surface area contributed by atoms with E-state index in [0.29, 0.717) is 5.75 Å². The van der Waals surface area contributed by atoms with Crippen LogP contribution in [0.1, 0.15) is 32.6 Å². The maximum absolute atomic E-state index is 12.3. The normalized spacial score (nSPS) is 10.8. The highest BCUT2D eigenvalue weighted by Gasteiger charge is 2.17. The van der Waals surface area contributed by atoms with Crippen LogP contribution in [0, 0.1) is 24.0 Å². The van der Waals surface area contributed by atoms with Gasteiger partial charge in [-0.05, 0) is 66.4 Å². The molecule has 0 aliphatic carbocycles. The van der Waals surface area contributed by atoms with Crippen LogP contribution in [0.4, 0.5) is 5.69 Å². The van der Waals surface area contributed by atoms with Gasteiger partial charge in [0.2, 0.25) is 5.75 Å². The molecule has 0 aliphatic heterocycles. The predicted octanol–water partition coefficient (Wildman–Crippen LogP) is 5.31. The SMILES string of the molecule is Cc1cc(/C=C/c2ccc(C(=O)Oc3ccccc3[N+](=O)[O-])cc2)cc(C)c1O. The van der Waals surface area contributed by atoms with Crippen LogP contribution in [0.25, 0.3) is 12.2 Å². The third-order valence-electron chi connectivity index (χ3n) is 4.39. The third-order valence-corrected chi connectivity index (χ3v) is 4.39. The lowest BCUT2D eigenvalue weighted by Crippen LogP contribution is -2.09. The summed E-state index contributed by atoms with van der Waals surface area (Å²) in [5, 5.41) is 20.9. The molecule has 3 aromatic carbocycles. The molecule has 1 N–H and O–H groups in total. The first-order chi connectivity index (χ1) is 13.8. The molecule has 0 aromatic heterocycles. The lowest BCUT2D eigenvalue weighted by Gasteiger charge is -2.06. The fraction of sp³-hybridized carbons (Fsp3) is 0.0870. The van der Waals surface area contributed by atoms with Gasteiger partial charge in [0.15, 0.2) is 0 Å². The molecule has 0 spiro atoms. The minimum absolute atomic E-state index is 0.0930. The number of phenolic OH excluding ortho intramolecular Hbond substituents is 1. The number of aromatic hydroxyl groups is 1. The Morgan fingerprint density at radius 3 is 2.17 bits per heavy atom. The second kappa shape index (κ2) is 8.39. The number of hydrogen-bond acceptors (Lipinski definition) is 5. The van der Waals surface area contributed by atoms with Crippen molar-refractivity contribution in [3.05, 3.63) is 98.6 Å². The minimum Gasteiger partial charge on any atom is -0.507 e. The summed E-state index contributed by atoms with van der Waals surface area (Å²) in [6.45, 7) is 3.69. The highest BCUT2D eigenvalue weighted by atomic mass is 16.6. The number of hydrogen-bond donors (Lipinski definition) is 1. The zero-order valence-corrected chi connectivity index (χ0v) is 16.0. The average Bonchev–Trinajstić information content (AvgIpc) is 2.71. The van der Waals surface area contributed by atoms with Crippen molar-refractivity contribution >= 4 is 23.8 Å². The van der Waals surface area contributed by atoms with Crippen molar-refractivity contribution in [3.63, 3.8) is 0 Å². The van der Waals surface area contributed by atoms with Crippen molar-refractivity contribution in [3.8, 4) is 11.5 Å². The van der Waals surface area contributed by atoms with Gasteiger partial charge in [-0.25, -0.2) is 4.79 Å². The summed E-state index contributed by atoms with van der Waals surface area (Å²) in [5.41, 5.74) is 3.46. The number of nitro groups is 1. The highest BCUT2D eigenvalue weighted by molar-refractivity contribution is 5.92. The molecule has 0 heterocycles. The molecule has 6 nitrogen and oxygen atoms in total. The summed E-state index contributed by atoms with van der Waals surface area (Å²) in [7, 11) is 0. The van der Waals surface area contributed by atoms with Crippen LogP contribution >= 0.6 is 0 Å². The number of phenols is 1. The van der Waals surface area contributed by atoms with Crippen LogP contribution in [0.3, 0.4) is 0 Å². The molecule has 146 valence electrons. The number of esters is 1. The number of para-hydroxylation sites is 2. The Morgan fingerprint density at radius 2 is 1.55 bits per heavy atom. The van der Waals surface area contributed by atoms with E-state index < -0.39 is 10.9 Å². The van der Waals surface area contributed by atoms with Gasteiger partial charge in [-0.3, -0.25) is 10.1 Å². The van der Waals surface area contributed by atoms with Crippen molar-refractivity contribution in [1.29, 1.82) is 0 Å². The number of carbonyl (C=O) groups is 1. The van der Waals surface area contributed by atoms with E-state index in [-0.39, 0.29) is 17.0 Å². The summed E-state index contributed by atoms with van der Waals surface area (Å²) >= 11 is 0. The number of carbonyl (C=O) groups excluding carboxylic acids is 1. The molecule has 6 heteroatoms. The Hall–Kier alpha value is -3.93. The summed E-state index contributed by atoms with van der Waals surface area (Å²) < 4.78 is 5.18. The Morgan fingerprint density at radius 1 is 0.966 bits per heavy atom. The average molecular weight is 389 g/mol. The number of ether oxygens (including phenoxy) is 1. The van der Waals surface area contributed by atoms with Crippen molar-refractivity contribution in [1.82, 2.24) is 0 Å². The van der Waals surface area contributed by atoms with E-state index in [2.05, 4.69) is 0 Å². The number of rotatable bonds is 5. The van der Waals surface area contributed by atoms with Crippen LogP contribution in [-0.4, -0.2) is 16.0 Å². The van der Waals surface area contributed by atoms with Gasteiger partial charge in [0, 0.05) is 6.07 Å². The molecule has 0 unspecified atom stereocenters. The molecule has 0 saturated carbocycles. The maximum Gasteiger partial charge on any atom is 0.343 e. The number of nitro benzene ring substituents is 1. The largest absolute Gasteiger partial charge is 0.507 e. The van der Waals surface area contributed by atoms with Crippen LogP contribution < -0.4 is 4.74 Å². The van der Waals surface area contributed by atoms with Gasteiger partial charge < -0.3 is 9.84 Å². The molecule has 0 bridgehead atoms. The molecule has 0 atom stereocenters. The summed E-state index contributed by atoms with van der Waals surface area (Å²) in [6, 6.07) is 16.2. The number of benzene rings is 3. The van der Waals surface area contributed by atoms with Crippen molar-refractivity contribution < 1.29 is 19.6 Å². The van der Waals surface area contributed by atoms with E-state index >= 15 is 0 Å². The van der Waals surface area contributed by atoms with Gasteiger partial charge in [-0.2, -0.15) is 0 Å². The fourth-order valence-corrected chi connectivity index (χ4v) is 2.86. The van der Waals surface area contributed by atoms with Gasteiger partial charge in [-0.15, -0.1) is 0 Å². The van der Waals surface area contributed by atoms with Gasteiger partial charge in [0.05, 0.1) is 10.5 Å². The summed E-state index contributed by atoms with van der Waals surface area (Å²) in [5.74, 6) is -0.465. The Bertz CT molecular complexity index is 1080. The molecule has 0 amide bonds. The second-order valence-corrected chi connectivity index (χ2v) is 6.57. The van der Waals surface area contributed by atoms with Crippen molar-refractivity contribution in [2.24, 2.45) is 0 Å².